The second-order valence-corrected chi connectivity index (χ2v) is 6.72. The molecule has 0 saturated carbocycles. The molecular formula is C20H14FN3O4S. The first kappa shape index (κ1) is 18.8. The molecule has 0 atom stereocenters. The Balaban J connectivity index is 1.40. The van der Waals surface area contributed by atoms with Gasteiger partial charge < -0.3 is 14.0 Å². The number of esters is 1. The van der Waals surface area contributed by atoms with Crippen LogP contribution in [0.3, 0.4) is 0 Å². The second kappa shape index (κ2) is 8.19. The van der Waals surface area contributed by atoms with Crippen LogP contribution in [-0.4, -0.2) is 28.2 Å². The lowest BCUT2D eigenvalue weighted by molar-refractivity contribution is 0.0424. The Kier molecular flexibility index (Phi) is 5.30. The van der Waals surface area contributed by atoms with Crippen LogP contribution in [-0.2, 0) is 11.3 Å². The minimum atomic E-state index is -0.615. The van der Waals surface area contributed by atoms with Crippen molar-refractivity contribution in [2.45, 2.75) is 6.61 Å². The van der Waals surface area contributed by atoms with Gasteiger partial charge in [-0.3, -0.25) is 0 Å². The van der Waals surface area contributed by atoms with Crippen molar-refractivity contribution >= 4 is 17.3 Å². The van der Waals surface area contributed by atoms with E-state index in [-0.39, 0.29) is 24.0 Å². The zero-order valence-corrected chi connectivity index (χ0v) is 16.0. The molecular weight excluding hydrogens is 397 g/mol. The van der Waals surface area contributed by atoms with E-state index < -0.39 is 5.97 Å². The quantitative estimate of drug-likeness (QED) is 0.436. The van der Waals surface area contributed by atoms with E-state index in [0.717, 1.165) is 5.56 Å². The average Bonchev–Trinajstić information content (AvgIpc) is 3.43. The Hall–Kier alpha value is -3.59. The molecule has 7 nitrogen and oxygen atoms in total. The highest BCUT2D eigenvalue weighted by molar-refractivity contribution is 7.13. The Bertz CT molecular complexity index is 1140. The van der Waals surface area contributed by atoms with E-state index in [9.17, 15) is 9.18 Å². The van der Waals surface area contributed by atoms with Crippen LogP contribution < -0.4 is 4.74 Å². The van der Waals surface area contributed by atoms with Crippen molar-refractivity contribution < 1.29 is 23.2 Å². The molecule has 0 amide bonds. The van der Waals surface area contributed by atoms with Crippen molar-refractivity contribution in [1.29, 1.82) is 0 Å². The first-order chi connectivity index (χ1) is 14.1. The lowest BCUT2D eigenvalue weighted by Gasteiger charge is -2.00. The largest absolute Gasteiger partial charge is 0.497 e. The third kappa shape index (κ3) is 4.30. The van der Waals surface area contributed by atoms with Crippen molar-refractivity contribution in [3.63, 3.8) is 0 Å². The summed E-state index contributed by atoms with van der Waals surface area (Å²) in [7, 11) is 1.57. The number of methoxy groups -OCH3 is 1. The molecule has 0 aliphatic rings. The number of aromatic nitrogens is 3. The molecule has 2 heterocycles. The topological polar surface area (TPSA) is 87.3 Å². The number of rotatable bonds is 6. The molecule has 4 aromatic rings. The predicted molar refractivity (Wildman–Crippen MR) is 103 cm³/mol. The SMILES string of the molecule is COc1cccc(-c2noc(COC(=O)c3csc(-c4ccc(F)cc4)n3)n2)c1. The number of halogens is 1. The Morgan fingerprint density at radius 2 is 1.97 bits per heavy atom. The summed E-state index contributed by atoms with van der Waals surface area (Å²) >= 11 is 1.27. The summed E-state index contributed by atoms with van der Waals surface area (Å²) in [5.74, 6) is 0.238. The van der Waals surface area contributed by atoms with Crippen molar-refractivity contribution in [2.24, 2.45) is 0 Å². The van der Waals surface area contributed by atoms with Crippen LogP contribution in [0.2, 0.25) is 0 Å². The van der Waals surface area contributed by atoms with Crippen LogP contribution in [0.5, 0.6) is 5.75 Å². The summed E-state index contributed by atoms with van der Waals surface area (Å²) in [5, 5.41) is 6.06. The van der Waals surface area contributed by atoms with Gasteiger partial charge in [0.15, 0.2) is 12.3 Å². The maximum Gasteiger partial charge on any atom is 0.358 e. The molecule has 2 aromatic carbocycles. The smallest absolute Gasteiger partial charge is 0.358 e. The Labute approximate surface area is 168 Å². The van der Waals surface area contributed by atoms with Crippen LogP contribution in [0.25, 0.3) is 22.0 Å². The molecule has 0 saturated heterocycles. The first-order valence-electron chi connectivity index (χ1n) is 8.48. The van der Waals surface area contributed by atoms with E-state index >= 15 is 0 Å². The van der Waals surface area contributed by atoms with Crippen LogP contribution in [0, 0.1) is 5.82 Å². The molecule has 0 fully saturated rings. The predicted octanol–water partition coefficient (Wildman–Crippen LogP) is 4.36. The van der Waals surface area contributed by atoms with E-state index in [1.807, 2.05) is 12.1 Å². The first-order valence-corrected chi connectivity index (χ1v) is 9.36. The van der Waals surface area contributed by atoms with Gasteiger partial charge in [0.2, 0.25) is 5.82 Å². The highest BCUT2D eigenvalue weighted by Crippen LogP contribution is 2.25. The molecule has 0 N–H and O–H groups in total. The summed E-state index contributed by atoms with van der Waals surface area (Å²) in [6.07, 6.45) is 0. The van der Waals surface area contributed by atoms with Gasteiger partial charge in [0.25, 0.3) is 5.89 Å². The summed E-state index contributed by atoms with van der Waals surface area (Å²) in [6.45, 7) is -0.181. The van der Waals surface area contributed by atoms with Crippen LogP contribution in [0.15, 0.2) is 58.4 Å². The fourth-order valence-electron chi connectivity index (χ4n) is 2.49. The third-order valence-corrected chi connectivity index (χ3v) is 4.82. The number of hydrogen-bond acceptors (Lipinski definition) is 8. The highest BCUT2D eigenvalue weighted by Gasteiger charge is 2.16. The van der Waals surface area contributed by atoms with Gasteiger partial charge in [0.05, 0.1) is 7.11 Å². The molecule has 146 valence electrons. The second-order valence-electron chi connectivity index (χ2n) is 5.86. The maximum atomic E-state index is 13.0. The van der Waals surface area contributed by atoms with Gasteiger partial charge in [-0.2, -0.15) is 4.98 Å². The van der Waals surface area contributed by atoms with Gasteiger partial charge in [-0.1, -0.05) is 17.3 Å². The molecule has 0 aliphatic heterocycles. The number of carbonyl (C=O) groups is 1. The van der Waals surface area contributed by atoms with E-state index in [2.05, 4.69) is 15.1 Å². The molecule has 0 bridgehead atoms. The maximum absolute atomic E-state index is 13.0. The normalized spacial score (nSPS) is 10.7. The van der Waals surface area contributed by atoms with Gasteiger partial charge in [-0.05, 0) is 36.4 Å². The molecule has 0 aliphatic carbocycles. The van der Waals surface area contributed by atoms with Crippen molar-refractivity contribution in [3.8, 4) is 27.7 Å². The Morgan fingerprint density at radius 1 is 1.14 bits per heavy atom. The van der Waals surface area contributed by atoms with Gasteiger partial charge >= 0.3 is 5.97 Å². The van der Waals surface area contributed by atoms with Gasteiger partial charge in [-0.25, -0.2) is 14.2 Å². The molecule has 29 heavy (non-hydrogen) atoms. The minimum absolute atomic E-state index is 0.154. The van der Waals surface area contributed by atoms with Crippen molar-refractivity contribution in [2.75, 3.05) is 7.11 Å². The molecule has 9 heteroatoms. The van der Waals surface area contributed by atoms with Gasteiger partial charge in [0.1, 0.15) is 16.6 Å². The monoisotopic (exact) mass is 411 g/mol. The number of thiazole rings is 1. The Morgan fingerprint density at radius 3 is 2.76 bits per heavy atom. The van der Waals surface area contributed by atoms with E-state index in [4.69, 9.17) is 14.0 Å². The van der Waals surface area contributed by atoms with Crippen LogP contribution >= 0.6 is 11.3 Å². The van der Waals surface area contributed by atoms with Gasteiger partial charge in [0, 0.05) is 16.5 Å². The standard InChI is InChI=1S/C20H14FN3O4S/c1-26-15-4-2-3-13(9-15)18-23-17(28-24-18)10-27-20(25)16-11-29-19(22-16)12-5-7-14(21)8-6-12/h2-9,11H,10H2,1H3. The highest BCUT2D eigenvalue weighted by atomic mass is 32.1. The lowest BCUT2D eigenvalue weighted by atomic mass is 10.2. The number of benzene rings is 2. The van der Waals surface area contributed by atoms with E-state index in [1.54, 1.807) is 36.8 Å². The van der Waals surface area contributed by atoms with E-state index in [0.29, 0.717) is 22.1 Å². The minimum Gasteiger partial charge on any atom is -0.497 e. The zero-order chi connectivity index (χ0) is 20.2. The molecule has 4 rings (SSSR count). The third-order valence-electron chi connectivity index (χ3n) is 3.93. The summed E-state index contributed by atoms with van der Waals surface area (Å²) in [6, 6.07) is 13.1. The summed E-state index contributed by atoms with van der Waals surface area (Å²) in [4.78, 5) is 20.7. The zero-order valence-electron chi connectivity index (χ0n) is 15.2. The van der Waals surface area contributed by atoms with Crippen LogP contribution in [0.4, 0.5) is 4.39 Å². The van der Waals surface area contributed by atoms with Gasteiger partial charge in [-0.15, -0.1) is 11.3 Å². The lowest BCUT2D eigenvalue weighted by Crippen LogP contribution is -2.05. The number of nitrogens with zero attached hydrogens (tertiary/aromatic N) is 3. The number of ether oxygens (including phenoxy) is 2. The fourth-order valence-corrected chi connectivity index (χ4v) is 3.28. The number of hydrogen-bond donors (Lipinski definition) is 0. The van der Waals surface area contributed by atoms with E-state index in [1.165, 1.54) is 23.5 Å². The molecule has 2 aromatic heterocycles. The average molecular weight is 411 g/mol. The van der Waals surface area contributed by atoms with Crippen LogP contribution in [0.1, 0.15) is 16.4 Å². The molecule has 0 radical (unpaired) electrons. The molecule has 0 spiro atoms. The van der Waals surface area contributed by atoms with Crippen molar-refractivity contribution in [3.05, 3.63) is 71.3 Å². The summed E-state index contributed by atoms with van der Waals surface area (Å²) < 4.78 is 28.5. The summed E-state index contributed by atoms with van der Waals surface area (Å²) in [5.41, 5.74) is 1.59. The fraction of sp³-hybridized carbons (Fsp3) is 0.100. The van der Waals surface area contributed by atoms with Crippen molar-refractivity contribution in [1.82, 2.24) is 15.1 Å². The molecule has 0 unspecified atom stereocenters. The number of carbonyl (C=O) groups excluding carboxylic acids is 1.